The normalized spacial score (nSPS) is 14.5. The van der Waals surface area contributed by atoms with Crippen LogP contribution in [0.15, 0.2) is 157 Å². The van der Waals surface area contributed by atoms with Crippen LogP contribution in [0, 0.1) is 7.43 Å². The zero-order valence-electron chi connectivity index (χ0n) is 25.0. The Kier molecular flexibility index (Phi) is 8.82. The molecule has 4 aromatic carbocycles. The van der Waals surface area contributed by atoms with E-state index in [0.29, 0.717) is 0 Å². The molecule has 0 atom stereocenters. The van der Waals surface area contributed by atoms with E-state index in [-0.39, 0.29) is 28.5 Å². The minimum atomic E-state index is 0. The molecule has 0 fully saturated rings. The molecule has 0 spiro atoms. The smallest absolute Gasteiger partial charge is 0.0893 e. The summed E-state index contributed by atoms with van der Waals surface area (Å²) in [6.45, 7) is 0. The Morgan fingerprint density at radius 1 is 0.435 bits per heavy atom. The summed E-state index contributed by atoms with van der Waals surface area (Å²) in [5.41, 5.74) is 9.25. The Morgan fingerprint density at radius 2 is 0.826 bits per heavy atom. The van der Waals surface area contributed by atoms with Crippen molar-refractivity contribution in [1.82, 2.24) is 9.97 Å². The van der Waals surface area contributed by atoms with Gasteiger partial charge in [0.25, 0.3) is 0 Å². The van der Waals surface area contributed by atoms with Crippen LogP contribution < -0.4 is 9.80 Å². The predicted molar refractivity (Wildman–Crippen MR) is 186 cm³/mol. The van der Waals surface area contributed by atoms with E-state index in [1.54, 1.807) is 0 Å². The molecule has 8 rings (SSSR count). The van der Waals surface area contributed by atoms with Gasteiger partial charge in [-0.25, -0.2) is 9.97 Å². The molecular weight excluding hydrogens is 748 g/mol. The first kappa shape index (κ1) is 30.6. The van der Waals surface area contributed by atoms with Gasteiger partial charge in [-0.1, -0.05) is 133 Å². The van der Waals surface area contributed by atoms with E-state index in [4.69, 9.17) is 20.6 Å². The second-order valence-electron chi connectivity index (χ2n) is 10.4. The first-order chi connectivity index (χ1) is 21.8. The molecule has 6 nitrogen and oxygen atoms in total. The van der Waals surface area contributed by atoms with Gasteiger partial charge >= 0.3 is 0 Å². The Hall–Kier alpha value is -5.45. The summed E-state index contributed by atoms with van der Waals surface area (Å²) in [4.78, 5) is 14.3. The SMILES string of the molecule is C(=C1/[N-]c2ccccc2N1c1ccccc1)/c1cccc(-c2cccc(/C=C3\[N-]c4ccccc4N3c3ccccc3)n2)n1.[CH3-].[Pt]. The van der Waals surface area contributed by atoms with Crippen molar-refractivity contribution in [3.8, 4) is 11.4 Å². The van der Waals surface area contributed by atoms with Crippen LogP contribution in [0.1, 0.15) is 11.4 Å². The average Bonchev–Trinajstić information content (AvgIpc) is 3.63. The minimum Gasteiger partial charge on any atom is -0.436 e. The molecule has 0 unspecified atom stereocenters. The standard InChI is InChI=1S/C38H26N6.CH3.Pt/c1-3-15-29(16-4-1)43-35-23-9-7-19-33(35)41-37(43)25-27-13-11-21-31(39-27)32-22-12-14-28(40-32)26-38-42-34-20-8-10-24-36(34)44(38)30-17-5-2-6-18-30;;/h1-26H;1H3;/q-2;-1;/b37-25+,38-26+;;. The monoisotopic (exact) mass is 776 g/mol. The van der Waals surface area contributed by atoms with Crippen molar-refractivity contribution in [1.29, 1.82) is 0 Å². The van der Waals surface area contributed by atoms with Gasteiger partial charge in [0.1, 0.15) is 0 Å². The van der Waals surface area contributed by atoms with Gasteiger partial charge in [0.2, 0.25) is 0 Å². The van der Waals surface area contributed by atoms with Gasteiger partial charge in [0.05, 0.1) is 22.8 Å². The van der Waals surface area contributed by atoms with Crippen molar-refractivity contribution in [2.45, 2.75) is 0 Å². The van der Waals surface area contributed by atoms with E-state index in [2.05, 4.69) is 46.2 Å². The molecule has 0 saturated heterocycles. The van der Waals surface area contributed by atoms with Gasteiger partial charge in [-0.2, -0.15) is 0 Å². The van der Waals surface area contributed by atoms with E-state index in [1.165, 1.54) is 0 Å². The quantitative estimate of drug-likeness (QED) is 0.164. The predicted octanol–water partition coefficient (Wildman–Crippen LogP) is 10.9. The van der Waals surface area contributed by atoms with Gasteiger partial charge in [-0.15, -0.1) is 0 Å². The summed E-state index contributed by atoms with van der Waals surface area (Å²) >= 11 is 0. The zero-order chi connectivity index (χ0) is 29.3. The zero-order valence-corrected chi connectivity index (χ0v) is 27.3. The first-order valence-corrected chi connectivity index (χ1v) is 14.5. The van der Waals surface area contributed by atoms with Crippen LogP contribution in [0.25, 0.3) is 34.2 Å². The van der Waals surface area contributed by atoms with Crippen molar-refractivity contribution < 1.29 is 21.1 Å². The van der Waals surface area contributed by atoms with E-state index in [0.717, 1.165) is 68.5 Å². The van der Waals surface area contributed by atoms with Crippen LogP contribution in [0.5, 0.6) is 0 Å². The maximum atomic E-state index is 4.99. The van der Waals surface area contributed by atoms with Crippen LogP contribution in [0.4, 0.5) is 34.1 Å². The van der Waals surface area contributed by atoms with Gasteiger partial charge in [0.15, 0.2) is 0 Å². The number of hydrogen-bond acceptors (Lipinski definition) is 4. The van der Waals surface area contributed by atoms with Gasteiger partial charge in [0, 0.05) is 21.1 Å². The Bertz CT molecular complexity index is 1890. The number of pyridine rings is 2. The van der Waals surface area contributed by atoms with Crippen molar-refractivity contribution in [3.63, 3.8) is 0 Å². The van der Waals surface area contributed by atoms with E-state index in [9.17, 15) is 0 Å². The Labute approximate surface area is 284 Å². The van der Waals surface area contributed by atoms with Gasteiger partial charge in [-0.3, -0.25) is 0 Å². The molecular formula is C39H29N6Pt-3. The summed E-state index contributed by atoms with van der Waals surface area (Å²) in [5.74, 6) is 1.63. The topological polar surface area (TPSA) is 60.5 Å². The average molecular weight is 777 g/mol. The third-order valence-electron chi connectivity index (χ3n) is 7.56. The number of rotatable bonds is 5. The number of nitrogens with zero attached hydrogens (tertiary/aromatic N) is 6. The van der Waals surface area contributed by atoms with E-state index in [1.807, 2.05) is 121 Å². The molecule has 2 aromatic heterocycles. The van der Waals surface area contributed by atoms with Crippen LogP contribution >= 0.6 is 0 Å². The van der Waals surface area contributed by atoms with Crippen molar-refractivity contribution >= 4 is 46.3 Å². The number of para-hydroxylation sites is 6. The summed E-state index contributed by atoms with van der Waals surface area (Å²) in [5, 5.41) is 9.87. The number of anilines is 4. The van der Waals surface area contributed by atoms with Crippen LogP contribution in [-0.4, -0.2) is 9.97 Å². The van der Waals surface area contributed by atoms with Crippen LogP contribution in [-0.2, 0) is 21.1 Å². The number of benzene rings is 4. The second kappa shape index (κ2) is 13.3. The van der Waals surface area contributed by atoms with Crippen LogP contribution in [0.2, 0.25) is 0 Å². The molecule has 46 heavy (non-hydrogen) atoms. The Morgan fingerprint density at radius 3 is 1.26 bits per heavy atom. The number of hydrogen-bond donors (Lipinski definition) is 0. The minimum absolute atomic E-state index is 0. The second-order valence-corrected chi connectivity index (χ2v) is 10.4. The molecule has 7 heteroatoms. The molecule has 0 amide bonds. The molecule has 2 aliphatic rings. The summed E-state index contributed by atoms with van der Waals surface area (Å²) < 4.78 is 0. The fraction of sp³-hybridized carbons (Fsp3) is 0. The molecule has 228 valence electrons. The molecule has 0 aliphatic carbocycles. The molecule has 4 heterocycles. The largest absolute Gasteiger partial charge is 0.436 e. The van der Waals surface area contributed by atoms with Crippen LogP contribution in [0.3, 0.4) is 0 Å². The fourth-order valence-corrected chi connectivity index (χ4v) is 5.59. The summed E-state index contributed by atoms with van der Waals surface area (Å²) in [7, 11) is 0. The van der Waals surface area contributed by atoms with E-state index >= 15 is 0 Å². The maximum Gasteiger partial charge on any atom is 0.0893 e. The van der Waals surface area contributed by atoms with Gasteiger partial charge in [-0.05, 0) is 70.5 Å². The maximum absolute atomic E-state index is 4.99. The van der Waals surface area contributed by atoms with Crippen molar-refractivity contribution in [2.24, 2.45) is 0 Å². The third-order valence-corrected chi connectivity index (χ3v) is 7.56. The number of fused-ring (bicyclic) bond motifs is 2. The Balaban J connectivity index is 0.00000186. The van der Waals surface area contributed by atoms with Crippen molar-refractivity contribution in [2.75, 3.05) is 9.80 Å². The third kappa shape index (κ3) is 5.83. The first-order valence-electron chi connectivity index (χ1n) is 14.5. The number of aromatic nitrogens is 2. The fourth-order valence-electron chi connectivity index (χ4n) is 5.59. The molecule has 0 N–H and O–H groups in total. The molecule has 6 aromatic rings. The van der Waals surface area contributed by atoms with E-state index < -0.39 is 0 Å². The molecule has 0 radical (unpaired) electrons. The molecule has 0 saturated carbocycles. The summed E-state index contributed by atoms with van der Waals surface area (Å²) in [6.07, 6.45) is 4.05. The summed E-state index contributed by atoms with van der Waals surface area (Å²) in [6, 6.07) is 48.9. The molecule has 0 bridgehead atoms. The molecule has 2 aliphatic heterocycles. The van der Waals surface area contributed by atoms with Gasteiger partial charge < -0.3 is 27.9 Å². The van der Waals surface area contributed by atoms with Crippen molar-refractivity contribution in [3.05, 3.63) is 187 Å².